The van der Waals surface area contributed by atoms with Crippen molar-refractivity contribution in [1.29, 1.82) is 0 Å². The van der Waals surface area contributed by atoms with Gasteiger partial charge in [0.1, 0.15) is 5.75 Å². The molecule has 1 aliphatic carbocycles. The lowest BCUT2D eigenvalue weighted by Crippen LogP contribution is -2.02. The molecule has 114 valence electrons. The maximum absolute atomic E-state index is 12.3. The average Bonchev–Trinajstić information content (AvgIpc) is 3.04. The fourth-order valence-electron chi connectivity index (χ4n) is 2.30. The van der Waals surface area contributed by atoms with E-state index < -0.39 is 0 Å². The third kappa shape index (κ3) is 3.10. The smallest absolute Gasteiger partial charge is 0.206 e. The van der Waals surface area contributed by atoms with Crippen molar-refractivity contribution in [2.24, 2.45) is 0 Å². The molecular weight excluding hydrogens is 318 g/mol. The van der Waals surface area contributed by atoms with Crippen LogP contribution in [0.4, 0.5) is 5.13 Å². The van der Waals surface area contributed by atoms with E-state index >= 15 is 0 Å². The number of hydrogen-bond donors (Lipinski definition) is 1. The molecule has 22 heavy (non-hydrogen) atoms. The Morgan fingerprint density at radius 3 is 3.18 bits per heavy atom. The zero-order valence-corrected chi connectivity index (χ0v) is 13.5. The van der Waals surface area contributed by atoms with E-state index in [9.17, 15) is 4.79 Å². The van der Waals surface area contributed by atoms with Gasteiger partial charge in [0, 0.05) is 18.0 Å². The van der Waals surface area contributed by atoms with Crippen LogP contribution < -0.4 is 10.1 Å². The molecule has 1 aromatic carbocycles. The zero-order chi connectivity index (χ0) is 14.9. The summed E-state index contributed by atoms with van der Waals surface area (Å²) in [6, 6.07) is 6.25. The van der Waals surface area contributed by atoms with Crippen molar-refractivity contribution in [1.82, 2.24) is 10.2 Å². The Kier molecular flexibility index (Phi) is 3.75. The van der Waals surface area contributed by atoms with E-state index in [1.165, 1.54) is 35.9 Å². The van der Waals surface area contributed by atoms with Crippen LogP contribution in [0.5, 0.6) is 5.75 Å². The van der Waals surface area contributed by atoms with E-state index in [1.54, 1.807) is 0 Å². The first-order chi connectivity index (χ1) is 10.8. The second-order valence-electron chi connectivity index (χ2n) is 5.42. The number of carbonyl (C=O) groups excluding carboxylic acids is 1. The maximum Gasteiger partial charge on any atom is 0.206 e. The van der Waals surface area contributed by atoms with E-state index in [2.05, 4.69) is 15.5 Å². The fraction of sp³-hybridized carbons (Fsp3) is 0.400. The molecule has 0 saturated heterocycles. The summed E-state index contributed by atoms with van der Waals surface area (Å²) in [5.41, 5.74) is 1.88. The molecule has 1 saturated carbocycles. The van der Waals surface area contributed by atoms with Crippen LogP contribution >= 0.6 is 23.1 Å². The highest BCUT2D eigenvalue weighted by Gasteiger charge is 2.22. The molecule has 1 aliphatic heterocycles. The summed E-state index contributed by atoms with van der Waals surface area (Å²) >= 11 is 2.96. The number of carbonyl (C=O) groups is 1. The highest BCUT2D eigenvalue weighted by atomic mass is 32.2. The second-order valence-corrected chi connectivity index (χ2v) is 7.62. The second kappa shape index (κ2) is 5.89. The predicted octanol–water partition coefficient (Wildman–Crippen LogP) is 3.02. The first-order valence-electron chi connectivity index (χ1n) is 7.30. The van der Waals surface area contributed by atoms with Crippen LogP contribution in [0.3, 0.4) is 0 Å². The molecule has 0 atom stereocenters. The number of fused-ring (bicyclic) bond motifs is 1. The molecular formula is C15H15N3O2S2. The first-order valence-corrected chi connectivity index (χ1v) is 9.10. The number of Topliss-reactive ketones (excluding diaryl/α,β-unsaturated/α-hetero) is 1. The van der Waals surface area contributed by atoms with Crippen LogP contribution in [0.25, 0.3) is 0 Å². The van der Waals surface area contributed by atoms with Gasteiger partial charge in [-0.05, 0) is 36.6 Å². The van der Waals surface area contributed by atoms with Crippen LogP contribution in [0.1, 0.15) is 28.8 Å². The molecule has 4 rings (SSSR count). The van der Waals surface area contributed by atoms with Gasteiger partial charge >= 0.3 is 0 Å². The Labute approximate surface area is 136 Å². The molecule has 0 spiro atoms. The number of anilines is 1. The third-order valence-corrected chi connectivity index (χ3v) is 5.64. The summed E-state index contributed by atoms with van der Waals surface area (Å²) in [7, 11) is 0. The van der Waals surface area contributed by atoms with Gasteiger partial charge in [-0.2, -0.15) is 0 Å². The molecule has 1 N–H and O–H groups in total. The van der Waals surface area contributed by atoms with Gasteiger partial charge in [-0.1, -0.05) is 23.1 Å². The Morgan fingerprint density at radius 2 is 2.32 bits per heavy atom. The van der Waals surface area contributed by atoms with E-state index in [-0.39, 0.29) is 5.78 Å². The minimum absolute atomic E-state index is 0.117. The van der Waals surface area contributed by atoms with Gasteiger partial charge < -0.3 is 10.1 Å². The molecule has 1 aromatic heterocycles. The SMILES string of the molecule is O=C(CSc1nnc(NC2CC2)s1)c1ccc2c(c1)CCO2. The number of nitrogens with zero attached hydrogens (tertiary/aromatic N) is 2. The average molecular weight is 333 g/mol. The van der Waals surface area contributed by atoms with Crippen molar-refractivity contribution in [2.45, 2.75) is 29.6 Å². The molecule has 0 amide bonds. The van der Waals surface area contributed by atoms with Crippen molar-refractivity contribution < 1.29 is 9.53 Å². The van der Waals surface area contributed by atoms with Crippen molar-refractivity contribution in [3.63, 3.8) is 0 Å². The van der Waals surface area contributed by atoms with E-state index in [0.717, 1.165) is 32.8 Å². The van der Waals surface area contributed by atoms with Crippen LogP contribution in [0.15, 0.2) is 22.5 Å². The molecule has 0 radical (unpaired) electrons. The van der Waals surface area contributed by atoms with Gasteiger partial charge in [0.25, 0.3) is 0 Å². The van der Waals surface area contributed by atoms with E-state index in [4.69, 9.17) is 4.74 Å². The normalized spacial score (nSPS) is 16.2. The maximum atomic E-state index is 12.3. The first kappa shape index (κ1) is 14.0. The summed E-state index contributed by atoms with van der Waals surface area (Å²) < 4.78 is 6.30. The Bertz CT molecular complexity index is 713. The number of ether oxygens (including phenoxy) is 1. The largest absolute Gasteiger partial charge is 0.493 e. The summed E-state index contributed by atoms with van der Waals surface area (Å²) in [6.07, 6.45) is 3.31. The number of ketones is 1. The number of nitrogens with one attached hydrogen (secondary N) is 1. The van der Waals surface area contributed by atoms with Crippen LogP contribution in [-0.4, -0.2) is 34.4 Å². The Morgan fingerprint density at radius 1 is 1.41 bits per heavy atom. The van der Waals surface area contributed by atoms with Crippen molar-refractivity contribution in [2.75, 3.05) is 17.7 Å². The quantitative estimate of drug-likeness (QED) is 0.647. The van der Waals surface area contributed by atoms with Crippen molar-refractivity contribution in [3.8, 4) is 5.75 Å². The van der Waals surface area contributed by atoms with Gasteiger partial charge in [-0.25, -0.2) is 0 Å². The minimum Gasteiger partial charge on any atom is -0.493 e. The summed E-state index contributed by atoms with van der Waals surface area (Å²) in [5.74, 6) is 1.41. The van der Waals surface area contributed by atoms with Crippen molar-refractivity contribution >= 4 is 34.0 Å². The minimum atomic E-state index is 0.117. The molecule has 7 heteroatoms. The molecule has 0 unspecified atom stereocenters. The number of thioether (sulfide) groups is 1. The molecule has 2 aliphatic rings. The van der Waals surface area contributed by atoms with Crippen LogP contribution in [0, 0.1) is 0 Å². The summed E-state index contributed by atoms with van der Waals surface area (Å²) in [6.45, 7) is 0.712. The van der Waals surface area contributed by atoms with Crippen LogP contribution in [0.2, 0.25) is 0 Å². The summed E-state index contributed by atoms with van der Waals surface area (Å²) in [4.78, 5) is 12.3. The number of aromatic nitrogens is 2. The lowest BCUT2D eigenvalue weighted by Gasteiger charge is -2.02. The zero-order valence-electron chi connectivity index (χ0n) is 11.9. The van der Waals surface area contributed by atoms with Gasteiger partial charge in [0.15, 0.2) is 10.1 Å². The molecule has 2 heterocycles. The standard InChI is InChI=1S/C15H15N3O2S2/c19-12(9-1-4-13-10(7-9)5-6-20-13)8-21-15-18-17-14(22-15)16-11-2-3-11/h1,4,7,11H,2-3,5-6,8H2,(H,16,17). The van der Waals surface area contributed by atoms with E-state index in [1.807, 2.05) is 18.2 Å². The van der Waals surface area contributed by atoms with Gasteiger partial charge in [-0.3, -0.25) is 4.79 Å². The monoisotopic (exact) mass is 333 g/mol. The van der Waals surface area contributed by atoms with Gasteiger partial charge in [0.2, 0.25) is 5.13 Å². The number of hydrogen-bond acceptors (Lipinski definition) is 7. The highest BCUT2D eigenvalue weighted by molar-refractivity contribution is 8.01. The molecule has 5 nitrogen and oxygen atoms in total. The molecule has 0 bridgehead atoms. The Balaban J connectivity index is 1.36. The van der Waals surface area contributed by atoms with Crippen LogP contribution in [-0.2, 0) is 6.42 Å². The predicted molar refractivity (Wildman–Crippen MR) is 87.2 cm³/mol. The van der Waals surface area contributed by atoms with Crippen molar-refractivity contribution in [3.05, 3.63) is 29.3 Å². The van der Waals surface area contributed by atoms with E-state index in [0.29, 0.717) is 18.4 Å². The van der Waals surface area contributed by atoms with Gasteiger partial charge in [0.05, 0.1) is 12.4 Å². The highest BCUT2D eigenvalue weighted by Crippen LogP contribution is 2.31. The number of rotatable bonds is 6. The third-order valence-electron chi connectivity index (χ3n) is 3.65. The lowest BCUT2D eigenvalue weighted by atomic mass is 10.1. The van der Waals surface area contributed by atoms with Gasteiger partial charge in [-0.15, -0.1) is 10.2 Å². The Hall–Kier alpha value is -1.60. The topological polar surface area (TPSA) is 64.1 Å². The molecule has 2 aromatic rings. The summed E-state index contributed by atoms with van der Waals surface area (Å²) in [5, 5.41) is 12.4. The lowest BCUT2D eigenvalue weighted by molar-refractivity contribution is 0.102. The number of benzene rings is 1. The molecule has 1 fully saturated rings. The fourth-order valence-corrected chi connectivity index (χ4v) is 4.02.